The first-order valence-corrected chi connectivity index (χ1v) is 10.8. The second-order valence-electron chi connectivity index (χ2n) is 9.35. The van der Waals surface area contributed by atoms with Crippen LogP contribution in [0.1, 0.15) is 63.9 Å². The van der Waals surface area contributed by atoms with Gasteiger partial charge >= 0.3 is 0 Å². The summed E-state index contributed by atoms with van der Waals surface area (Å²) in [4.78, 5) is 17.1. The summed E-state index contributed by atoms with van der Waals surface area (Å²) in [5.41, 5.74) is 2.92. The van der Waals surface area contributed by atoms with Gasteiger partial charge in [-0.15, -0.1) is 0 Å². The zero-order valence-electron chi connectivity index (χ0n) is 16.1. The number of carbonyl (C=O) groups excluding carboxylic acids is 1. The van der Waals surface area contributed by atoms with Crippen molar-refractivity contribution in [3.8, 4) is 0 Å². The second-order valence-corrected chi connectivity index (χ2v) is 9.35. The maximum absolute atomic E-state index is 12.2. The molecule has 0 radical (unpaired) electrons. The first-order chi connectivity index (χ1) is 12.7. The Morgan fingerprint density at radius 3 is 2.54 bits per heavy atom. The first kappa shape index (κ1) is 16.8. The molecule has 1 spiro atoms. The van der Waals surface area contributed by atoms with Crippen LogP contribution in [0.15, 0.2) is 24.3 Å². The molecule has 1 unspecified atom stereocenters. The standard InChI is InChI=1S/C23H32N2O/c1-17(26)25-12-4-9-23(20-5-2-3-6-21(20)25)10-13-24(14-11-23)22-16-18-7-8-19(22)15-18/h2-3,5-6,18-19,22H,4,7-16H2,1H3/t18-,19-,22?/m1/s1. The van der Waals surface area contributed by atoms with Crippen LogP contribution in [-0.4, -0.2) is 36.5 Å². The Bertz CT molecular complexity index is 691. The molecule has 4 aliphatic rings. The van der Waals surface area contributed by atoms with Gasteiger partial charge in [-0.1, -0.05) is 24.6 Å². The zero-order chi connectivity index (χ0) is 17.7. The Balaban J connectivity index is 1.39. The summed E-state index contributed by atoms with van der Waals surface area (Å²) in [7, 11) is 0. The summed E-state index contributed by atoms with van der Waals surface area (Å²) in [6.07, 6.45) is 10.8. The molecule has 5 rings (SSSR count). The largest absolute Gasteiger partial charge is 0.312 e. The molecule has 140 valence electrons. The number of amides is 1. The minimum atomic E-state index is 0.189. The van der Waals surface area contributed by atoms with Gasteiger partial charge in [0.25, 0.3) is 0 Å². The minimum absolute atomic E-state index is 0.189. The molecule has 1 saturated heterocycles. The van der Waals surface area contributed by atoms with Gasteiger partial charge in [-0.05, 0) is 86.9 Å². The number of likely N-dealkylation sites (tertiary alicyclic amines) is 1. The van der Waals surface area contributed by atoms with Crippen molar-refractivity contribution in [3.05, 3.63) is 29.8 Å². The van der Waals surface area contributed by atoms with Gasteiger partial charge in [-0.2, -0.15) is 0 Å². The third-order valence-corrected chi connectivity index (χ3v) is 8.11. The molecule has 1 aromatic rings. The van der Waals surface area contributed by atoms with Crippen LogP contribution in [0.3, 0.4) is 0 Å². The Labute approximate surface area is 157 Å². The minimum Gasteiger partial charge on any atom is -0.312 e. The van der Waals surface area contributed by atoms with E-state index in [1.807, 2.05) is 4.90 Å². The quantitative estimate of drug-likeness (QED) is 0.750. The number of hydrogen-bond donors (Lipinski definition) is 0. The fraction of sp³-hybridized carbons (Fsp3) is 0.696. The molecule has 3 heteroatoms. The maximum Gasteiger partial charge on any atom is 0.223 e. The van der Waals surface area contributed by atoms with Crippen molar-refractivity contribution in [2.75, 3.05) is 24.5 Å². The van der Waals surface area contributed by atoms with Crippen molar-refractivity contribution in [1.82, 2.24) is 4.90 Å². The summed E-state index contributed by atoms with van der Waals surface area (Å²) >= 11 is 0. The lowest BCUT2D eigenvalue weighted by Gasteiger charge is -2.46. The van der Waals surface area contributed by atoms with Crippen LogP contribution in [0.5, 0.6) is 0 Å². The Morgan fingerprint density at radius 2 is 1.85 bits per heavy atom. The van der Waals surface area contributed by atoms with Gasteiger partial charge in [0, 0.05) is 25.2 Å². The SMILES string of the molecule is CC(=O)N1CCCC2(CCN(C3C[C@@H]4CC[C@@H]3C4)CC2)c2ccccc21. The van der Waals surface area contributed by atoms with Crippen molar-refractivity contribution >= 4 is 11.6 Å². The molecule has 2 heterocycles. The number of anilines is 1. The molecule has 3 nitrogen and oxygen atoms in total. The molecular formula is C23H32N2O. The van der Waals surface area contributed by atoms with Crippen molar-refractivity contribution in [3.63, 3.8) is 0 Å². The predicted octanol–water partition coefficient (Wildman–Crippen LogP) is 4.36. The summed E-state index contributed by atoms with van der Waals surface area (Å²) in [5, 5.41) is 0. The molecule has 2 aliphatic carbocycles. The highest BCUT2D eigenvalue weighted by atomic mass is 16.2. The number of fused-ring (bicyclic) bond motifs is 4. The van der Waals surface area contributed by atoms with E-state index in [1.165, 1.54) is 69.3 Å². The number of hydrogen-bond acceptors (Lipinski definition) is 2. The second kappa shape index (κ2) is 6.37. The van der Waals surface area contributed by atoms with Gasteiger partial charge < -0.3 is 9.80 Å². The summed E-state index contributed by atoms with van der Waals surface area (Å²) < 4.78 is 0. The van der Waals surface area contributed by atoms with Gasteiger partial charge in [0.1, 0.15) is 0 Å². The molecule has 2 saturated carbocycles. The highest BCUT2D eigenvalue weighted by molar-refractivity contribution is 5.92. The van der Waals surface area contributed by atoms with E-state index in [0.29, 0.717) is 0 Å². The Morgan fingerprint density at radius 1 is 1.04 bits per heavy atom. The molecule has 2 bridgehead atoms. The molecule has 26 heavy (non-hydrogen) atoms. The van der Waals surface area contributed by atoms with E-state index in [4.69, 9.17) is 0 Å². The third kappa shape index (κ3) is 2.62. The van der Waals surface area contributed by atoms with Gasteiger partial charge in [-0.3, -0.25) is 4.79 Å². The Kier molecular flexibility index (Phi) is 4.11. The van der Waals surface area contributed by atoms with Gasteiger partial charge in [0.15, 0.2) is 0 Å². The number of carbonyl (C=O) groups is 1. The van der Waals surface area contributed by atoms with E-state index in [9.17, 15) is 4.79 Å². The summed E-state index contributed by atoms with van der Waals surface area (Å²) in [5.74, 6) is 2.21. The molecule has 0 aromatic heterocycles. The van der Waals surface area contributed by atoms with E-state index < -0.39 is 0 Å². The van der Waals surface area contributed by atoms with E-state index in [1.54, 1.807) is 6.92 Å². The number of benzene rings is 1. The smallest absolute Gasteiger partial charge is 0.223 e. The monoisotopic (exact) mass is 352 g/mol. The van der Waals surface area contributed by atoms with Crippen molar-refractivity contribution in [2.24, 2.45) is 11.8 Å². The average molecular weight is 353 g/mol. The molecule has 0 N–H and O–H groups in total. The van der Waals surface area contributed by atoms with Crippen LogP contribution in [0, 0.1) is 11.8 Å². The van der Waals surface area contributed by atoms with Gasteiger partial charge in [0.2, 0.25) is 5.91 Å². The lowest BCUT2D eigenvalue weighted by Crippen LogP contribution is -2.48. The Hall–Kier alpha value is -1.35. The number of nitrogens with zero attached hydrogens (tertiary/aromatic N) is 2. The highest BCUT2D eigenvalue weighted by Gasteiger charge is 2.46. The van der Waals surface area contributed by atoms with Crippen LogP contribution in [0.4, 0.5) is 5.69 Å². The lowest BCUT2D eigenvalue weighted by molar-refractivity contribution is -0.116. The first-order valence-electron chi connectivity index (χ1n) is 10.8. The molecule has 2 aliphatic heterocycles. The molecule has 1 amide bonds. The predicted molar refractivity (Wildman–Crippen MR) is 105 cm³/mol. The lowest BCUT2D eigenvalue weighted by atomic mass is 9.69. The van der Waals surface area contributed by atoms with Crippen LogP contribution in [0.2, 0.25) is 0 Å². The number of piperidine rings is 1. The van der Waals surface area contributed by atoms with E-state index >= 15 is 0 Å². The van der Waals surface area contributed by atoms with E-state index in [-0.39, 0.29) is 11.3 Å². The number of para-hydroxylation sites is 1. The van der Waals surface area contributed by atoms with Gasteiger partial charge in [0.05, 0.1) is 0 Å². The van der Waals surface area contributed by atoms with Crippen LogP contribution in [-0.2, 0) is 10.2 Å². The number of rotatable bonds is 1. The zero-order valence-corrected chi connectivity index (χ0v) is 16.1. The van der Waals surface area contributed by atoms with Crippen LogP contribution in [0.25, 0.3) is 0 Å². The molecule has 3 fully saturated rings. The topological polar surface area (TPSA) is 23.6 Å². The van der Waals surface area contributed by atoms with Crippen molar-refractivity contribution < 1.29 is 4.79 Å². The fourth-order valence-corrected chi connectivity index (χ4v) is 6.78. The normalized spacial score (nSPS) is 33.3. The summed E-state index contributed by atoms with van der Waals surface area (Å²) in [6, 6.07) is 9.63. The van der Waals surface area contributed by atoms with Gasteiger partial charge in [-0.25, -0.2) is 0 Å². The van der Waals surface area contributed by atoms with Crippen LogP contribution >= 0.6 is 0 Å². The third-order valence-electron chi connectivity index (χ3n) is 8.11. The highest BCUT2D eigenvalue weighted by Crippen LogP contribution is 2.50. The average Bonchev–Trinajstić information content (AvgIpc) is 3.25. The molecular weight excluding hydrogens is 320 g/mol. The van der Waals surface area contributed by atoms with Crippen LogP contribution < -0.4 is 4.90 Å². The van der Waals surface area contributed by atoms with E-state index in [0.717, 1.165) is 30.8 Å². The van der Waals surface area contributed by atoms with E-state index in [2.05, 4.69) is 29.2 Å². The molecule has 3 atom stereocenters. The fourth-order valence-electron chi connectivity index (χ4n) is 6.78. The van der Waals surface area contributed by atoms with Crippen molar-refractivity contribution in [2.45, 2.75) is 69.7 Å². The maximum atomic E-state index is 12.2. The van der Waals surface area contributed by atoms with Crippen molar-refractivity contribution in [1.29, 1.82) is 0 Å². The molecule has 1 aromatic carbocycles. The summed E-state index contributed by atoms with van der Waals surface area (Å²) in [6.45, 7) is 5.10.